The molecule has 4 nitrogen and oxygen atoms in total. The van der Waals surface area contributed by atoms with Crippen LogP contribution in [0, 0.1) is 23.4 Å². The van der Waals surface area contributed by atoms with Crippen LogP contribution in [0.1, 0.15) is 74.3 Å². The molecule has 2 aliphatic carbocycles. The van der Waals surface area contributed by atoms with Gasteiger partial charge in [-0.1, -0.05) is 24.8 Å². The number of benzene rings is 2. The van der Waals surface area contributed by atoms with Crippen LogP contribution in [0.5, 0.6) is 11.5 Å². The first-order valence-electron chi connectivity index (χ1n) is 12.3. The Morgan fingerprint density at radius 2 is 1.54 bits per heavy atom. The molecule has 2 aromatic rings. The van der Waals surface area contributed by atoms with Gasteiger partial charge in [0.15, 0.2) is 11.6 Å². The molecule has 0 saturated heterocycles. The van der Waals surface area contributed by atoms with Crippen molar-refractivity contribution in [1.29, 1.82) is 0 Å². The van der Waals surface area contributed by atoms with Crippen molar-refractivity contribution in [3.8, 4) is 11.5 Å². The van der Waals surface area contributed by atoms with Crippen molar-refractivity contribution in [3.63, 3.8) is 0 Å². The summed E-state index contributed by atoms with van der Waals surface area (Å²) in [5.41, 5.74) is 0.847. The van der Waals surface area contributed by atoms with E-state index < -0.39 is 29.3 Å². The first-order chi connectivity index (χ1) is 16.9. The van der Waals surface area contributed by atoms with E-state index >= 15 is 0 Å². The fourth-order valence-corrected chi connectivity index (χ4v) is 5.24. The van der Waals surface area contributed by atoms with Crippen molar-refractivity contribution >= 4 is 5.97 Å². The van der Waals surface area contributed by atoms with Crippen LogP contribution in [-0.4, -0.2) is 23.8 Å². The lowest BCUT2D eigenvalue weighted by molar-refractivity contribution is -0.140. The Hall–Kier alpha value is -2.80. The lowest BCUT2D eigenvalue weighted by Crippen LogP contribution is -2.26. The molecule has 2 aliphatic rings. The quantitative estimate of drug-likeness (QED) is 0.272. The van der Waals surface area contributed by atoms with Crippen LogP contribution < -0.4 is 9.47 Å². The first kappa shape index (κ1) is 25.3. The third-order valence-electron chi connectivity index (χ3n) is 7.26. The minimum atomic E-state index is -1.16. The zero-order valence-electron chi connectivity index (χ0n) is 19.7. The highest BCUT2D eigenvalue weighted by Crippen LogP contribution is 2.39. The molecular weight excluding hydrogens is 457 g/mol. The van der Waals surface area contributed by atoms with Crippen LogP contribution in [-0.2, 0) is 4.79 Å². The van der Waals surface area contributed by atoms with Crippen molar-refractivity contribution in [3.05, 3.63) is 71.6 Å². The third kappa shape index (κ3) is 5.89. The molecule has 0 heterocycles. The van der Waals surface area contributed by atoms with E-state index in [-0.39, 0.29) is 29.3 Å². The average Bonchev–Trinajstić information content (AvgIpc) is 2.86. The number of carbonyl (C=O) groups is 1. The SMILES string of the molecule is C=CCOc1ccc(C2CCC(C(=O)Oc3ccc(C4CCC(O)CC4)c(F)c3F)CC2)c(F)c1. The van der Waals surface area contributed by atoms with Crippen LogP contribution in [0.2, 0.25) is 0 Å². The molecular formula is C28H31F3O4. The van der Waals surface area contributed by atoms with Crippen LogP contribution in [0.25, 0.3) is 0 Å². The lowest BCUT2D eigenvalue weighted by Gasteiger charge is -2.28. The van der Waals surface area contributed by atoms with E-state index in [1.54, 1.807) is 18.2 Å². The lowest BCUT2D eigenvalue weighted by atomic mass is 9.78. The van der Waals surface area contributed by atoms with E-state index in [4.69, 9.17) is 9.47 Å². The highest BCUT2D eigenvalue weighted by atomic mass is 19.2. The Morgan fingerprint density at radius 3 is 2.20 bits per heavy atom. The summed E-state index contributed by atoms with van der Waals surface area (Å²) in [6, 6.07) is 7.58. The highest BCUT2D eigenvalue weighted by molar-refractivity contribution is 5.75. The number of esters is 1. The van der Waals surface area contributed by atoms with Crippen molar-refractivity contribution in [1.82, 2.24) is 0 Å². The van der Waals surface area contributed by atoms with E-state index in [0.717, 1.165) is 0 Å². The van der Waals surface area contributed by atoms with Gasteiger partial charge in [-0.15, -0.1) is 0 Å². The number of hydrogen-bond donors (Lipinski definition) is 1. The maximum absolute atomic E-state index is 14.7. The summed E-state index contributed by atoms with van der Waals surface area (Å²) in [5, 5.41) is 9.65. The molecule has 0 bridgehead atoms. The third-order valence-corrected chi connectivity index (χ3v) is 7.26. The van der Waals surface area contributed by atoms with Gasteiger partial charge in [-0.2, -0.15) is 4.39 Å². The zero-order valence-corrected chi connectivity index (χ0v) is 19.7. The summed E-state index contributed by atoms with van der Waals surface area (Å²) >= 11 is 0. The van der Waals surface area contributed by atoms with Crippen molar-refractivity contribution < 1.29 is 32.5 Å². The van der Waals surface area contributed by atoms with Gasteiger partial charge >= 0.3 is 5.97 Å². The predicted octanol–water partition coefficient (Wildman–Crippen LogP) is 6.57. The molecule has 7 heteroatoms. The molecule has 2 fully saturated rings. The molecule has 0 unspecified atom stereocenters. The second-order valence-corrected chi connectivity index (χ2v) is 9.54. The average molecular weight is 489 g/mol. The molecule has 35 heavy (non-hydrogen) atoms. The zero-order chi connectivity index (χ0) is 24.9. The summed E-state index contributed by atoms with van der Waals surface area (Å²) < 4.78 is 54.6. The van der Waals surface area contributed by atoms with Gasteiger partial charge in [0.1, 0.15) is 18.2 Å². The van der Waals surface area contributed by atoms with E-state index in [2.05, 4.69) is 6.58 Å². The topological polar surface area (TPSA) is 55.8 Å². The van der Waals surface area contributed by atoms with E-state index in [1.807, 2.05) is 0 Å². The Balaban J connectivity index is 1.34. The Bertz CT molecular complexity index is 1050. The molecule has 0 aromatic heterocycles. The number of aliphatic hydroxyl groups excluding tert-OH is 1. The van der Waals surface area contributed by atoms with Crippen molar-refractivity contribution in [2.24, 2.45) is 5.92 Å². The largest absolute Gasteiger partial charge is 0.489 e. The Morgan fingerprint density at radius 1 is 0.914 bits per heavy atom. The number of hydrogen-bond acceptors (Lipinski definition) is 4. The van der Waals surface area contributed by atoms with E-state index in [0.29, 0.717) is 69.3 Å². The summed E-state index contributed by atoms with van der Waals surface area (Å²) in [6.45, 7) is 3.86. The second-order valence-electron chi connectivity index (χ2n) is 9.54. The van der Waals surface area contributed by atoms with Crippen LogP contribution in [0.15, 0.2) is 43.0 Å². The number of carbonyl (C=O) groups excluding carboxylic acids is 1. The van der Waals surface area contributed by atoms with E-state index in [9.17, 15) is 23.1 Å². The minimum Gasteiger partial charge on any atom is -0.489 e. The maximum Gasteiger partial charge on any atom is 0.314 e. The first-order valence-corrected chi connectivity index (χ1v) is 12.3. The number of aliphatic hydroxyl groups is 1. The standard InChI is InChI=1S/C28H31F3O4/c1-2-15-34-21-11-12-22(24(29)16-21)17-3-5-19(6-4-17)28(33)35-25-14-13-23(26(30)27(25)31)18-7-9-20(32)10-8-18/h2,11-14,16-20,32H,1,3-10,15H2. The summed E-state index contributed by atoms with van der Waals surface area (Å²) in [7, 11) is 0. The maximum atomic E-state index is 14.7. The summed E-state index contributed by atoms with van der Waals surface area (Å²) in [4.78, 5) is 12.7. The van der Waals surface area contributed by atoms with Crippen LogP contribution >= 0.6 is 0 Å². The molecule has 4 rings (SSSR count). The van der Waals surface area contributed by atoms with Gasteiger partial charge < -0.3 is 14.6 Å². The molecule has 0 radical (unpaired) electrons. The number of halogens is 3. The second kappa shape index (κ2) is 11.3. The van der Waals surface area contributed by atoms with Crippen LogP contribution in [0.4, 0.5) is 13.2 Å². The van der Waals surface area contributed by atoms with Gasteiger partial charge in [0.25, 0.3) is 0 Å². The van der Waals surface area contributed by atoms with Gasteiger partial charge in [-0.3, -0.25) is 4.79 Å². The Kier molecular flexibility index (Phi) is 8.16. The predicted molar refractivity (Wildman–Crippen MR) is 126 cm³/mol. The molecule has 1 N–H and O–H groups in total. The minimum absolute atomic E-state index is 0.0324. The molecule has 0 aliphatic heterocycles. The molecule has 2 aromatic carbocycles. The van der Waals surface area contributed by atoms with Crippen molar-refractivity contribution in [2.45, 2.75) is 69.3 Å². The monoisotopic (exact) mass is 488 g/mol. The molecule has 0 spiro atoms. The van der Waals surface area contributed by atoms with Gasteiger partial charge in [0, 0.05) is 6.07 Å². The van der Waals surface area contributed by atoms with E-state index in [1.165, 1.54) is 18.2 Å². The van der Waals surface area contributed by atoms with Crippen LogP contribution in [0.3, 0.4) is 0 Å². The van der Waals surface area contributed by atoms with Gasteiger partial charge in [0.2, 0.25) is 5.82 Å². The molecule has 188 valence electrons. The fourth-order valence-electron chi connectivity index (χ4n) is 5.24. The number of rotatable bonds is 7. The fraction of sp³-hybridized carbons (Fsp3) is 0.464. The van der Waals surface area contributed by atoms with Gasteiger partial charge in [-0.25, -0.2) is 8.78 Å². The van der Waals surface area contributed by atoms with Gasteiger partial charge in [0.05, 0.1) is 12.0 Å². The van der Waals surface area contributed by atoms with Gasteiger partial charge in [-0.05, 0) is 86.5 Å². The smallest absolute Gasteiger partial charge is 0.314 e. The van der Waals surface area contributed by atoms with Crippen molar-refractivity contribution in [2.75, 3.05) is 6.61 Å². The summed E-state index contributed by atoms with van der Waals surface area (Å²) in [6.07, 6.45) is 5.63. The number of ether oxygens (including phenoxy) is 2. The molecule has 2 saturated carbocycles. The molecule has 0 amide bonds. The Labute approximate surface area is 203 Å². The normalized spacial score (nSPS) is 24.6. The molecule has 0 atom stereocenters. The highest BCUT2D eigenvalue weighted by Gasteiger charge is 2.31. The summed E-state index contributed by atoms with van der Waals surface area (Å²) in [5.74, 6) is -3.70.